The van der Waals surface area contributed by atoms with E-state index in [1.165, 1.54) is 6.07 Å². The lowest BCUT2D eigenvalue weighted by atomic mass is 10.0. The van der Waals surface area contributed by atoms with Crippen molar-refractivity contribution in [2.24, 2.45) is 0 Å². The molecule has 200 valence electrons. The second-order valence-corrected chi connectivity index (χ2v) is 8.88. The number of nitrogens with one attached hydrogen (secondary N) is 6. The number of rotatable bonds is 3. The molecule has 0 spiro atoms. The van der Waals surface area contributed by atoms with Crippen LogP contribution in [0.4, 0.5) is 5.69 Å². The largest absolute Gasteiger partial charge is 0.346 e. The molecule has 0 aliphatic carbocycles. The van der Waals surface area contributed by atoms with Crippen molar-refractivity contribution in [3.63, 3.8) is 0 Å². The molecule has 0 fully saturated rings. The molecule has 1 aliphatic heterocycles. The number of carbonyl (C=O) groups is 6. The van der Waals surface area contributed by atoms with Crippen molar-refractivity contribution in [1.82, 2.24) is 26.6 Å². The normalized spacial score (nSPS) is 18.2. The number of benzene rings is 2. The first-order chi connectivity index (χ1) is 18.2. The smallest absolute Gasteiger partial charge is 0.252 e. The van der Waals surface area contributed by atoms with Gasteiger partial charge in [0, 0.05) is 23.0 Å². The molecule has 2 aromatic rings. The molecule has 6 amide bonds. The third kappa shape index (κ3) is 8.69. The molecular formula is C25H27BrN6O6. The SMILES string of the molecule is O=C1CNC(=O)CNC(=O)c2cc(ccc2CBr)NC(=O)[C@H](Cc2ccccc2)NC(=O)CNC(=O)CN1. The van der Waals surface area contributed by atoms with E-state index in [1.54, 1.807) is 24.3 Å². The van der Waals surface area contributed by atoms with E-state index in [2.05, 4.69) is 47.8 Å². The van der Waals surface area contributed by atoms with Gasteiger partial charge in [-0.25, -0.2) is 0 Å². The number of hydrogen-bond acceptors (Lipinski definition) is 6. The van der Waals surface area contributed by atoms with Gasteiger partial charge in [0.2, 0.25) is 29.5 Å². The number of hydrogen-bond donors (Lipinski definition) is 6. The third-order valence-corrected chi connectivity index (χ3v) is 6.05. The van der Waals surface area contributed by atoms with Crippen LogP contribution in [0.15, 0.2) is 48.5 Å². The lowest BCUT2D eigenvalue weighted by Crippen LogP contribution is -2.50. The summed E-state index contributed by atoms with van der Waals surface area (Å²) in [5.41, 5.74) is 1.95. The van der Waals surface area contributed by atoms with Gasteiger partial charge in [-0.05, 0) is 23.3 Å². The third-order valence-electron chi connectivity index (χ3n) is 5.45. The van der Waals surface area contributed by atoms with Crippen molar-refractivity contribution in [3.05, 3.63) is 65.2 Å². The molecule has 0 unspecified atom stereocenters. The Morgan fingerprint density at radius 2 is 1.29 bits per heavy atom. The highest BCUT2D eigenvalue weighted by Gasteiger charge is 2.23. The summed E-state index contributed by atoms with van der Waals surface area (Å²) < 4.78 is 0. The predicted octanol–water partition coefficient (Wildman–Crippen LogP) is -0.660. The minimum atomic E-state index is -0.996. The van der Waals surface area contributed by atoms with Gasteiger partial charge in [-0.2, -0.15) is 0 Å². The molecule has 0 saturated carbocycles. The Hall–Kier alpha value is -4.26. The van der Waals surface area contributed by atoms with Crippen LogP contribution in [-0.4, -0.2) is 67.7 Å². The highest BCUT2D eigenvalue weighted by molar-refractivity contribution is 9.08. The fourth-order valence-corrected chi connectivity index (χ4v) is 3.98. The topological polar surface area (TPSA) is 175 Å². The molecule has 1 aliphatic rings. The average Bonchev–Trinajstić information content (AvgIpc) is 2.92. The van der Waals surface area contributed by atoms with E-state index in [4.69, 9.17) is 0 Å². The lowest BCUT2D eigenvalue weighted by Gasteiger charge is -2.20. The zero-order valence-electron chi connectivity index (χ0n) is 20.3. The number of fused-ring (bicyclic) bond motifs is 2. The van der Waals surface area contributed by atoms with Crippen LogP contribution in [0, 0.1) is 0 Å². The van der Waals surface area contributed by atoms with Crippen molar-refractivity contribution in [2.45, 2.75) is 17.8 Å². The summed E-state index contributed by atoms with van der Waals surface area (Å²) in [5, 5.41) is 15.2. The van der Waals surface area contributed by atoms with Crippen LogP contribution >= 0.6 is 15.9 Å². The van der Waals surface area contributed by atoms with Gasteiger partial charge < -0.3 is 31.9 Å². The summed E-state index contributed by atoms with van der Waals surface area (Å²) >= 11 is 3.32. The van der Waals surface area contributed by atoms with Crippen LogP contribution in [0.2, 0.25) is 0 Å². The fourth-order valence-electron chi connectivity index (χ4n) is 3.50. The molecule has 12 nitrogen and oxygen atoms in total. The first kappa shape index (κ1) is 28.3. The fraction of sp³-hybridized carbons (Fsp3) is 0.280. The van der Waals surface area contributed by atoms with Gasteiger partial charge >= 0.3 is 0 Å². The molecule has 0 radical (unpaired) electrons. The van der Waals surface area contributed by atoms with Crippen molar-refractivity contribution in [2.75, 3.05) is 31.5 Å². The molecule has 3 rings (SSSR count). The zero-order valence-corrected chi connectivity index (χ0v) is 21.9. The molecule has 6 N–H and O–H groups in total. The number of anilines is 1. The first-order valence-electron chi connectivity index (χ1n) is 11.7. The highest BCUT2D eigenvalue weighted by Crippen LogP contribution is 2.19. The summed E-state index contributed by atoms with van der Waals surface area (Å²) in [6.07, 6.45) is 0.171. The molecule has 2 aromatic carbocycles. The van der Waals surface area contributed by atoms with Crippen LogP contribution in [0.1, 0.15) is 21.5 Å². The van der Waals surface area contributed by atoms with Gasteiger partial charge in [0.1, 0.15) is 6.04 Å². The summed E-state index contributed by atoms with van der Waals surface area (Å²) in [7, 11) is 0. The second kappa shape index (κ2) is 13.9. The van der Waals surface area contributed by atoms with Crippen LogP contribution in [0.25, 0.3) is 0 Å². The molecule has 1 atom stereocenters. The van der Waals surface area contributed by atoms with E-state index in [0.717, 1.165) is 5.56 Å². The van der Waals surface area contributed by atoms with Crippen molar-refractivity contribution in [1.29, 1.82) is 0 Å². The molecule has 1 heterocycles. The number of amides is 6. The average molecular weight is 587 g/mol. The predicted molar refractivity (Wildman–Crippen MR) is 141 cm³/mol. The lowest BCUT2D eigenvalue weighted by molar-refractivity contribution is -0.129. The zero-order chi connectivity index (χ0) is 27.5. The Labute approximate surface area is 226 Å². The molecular weight excluding hydrogens is 560 g/mol. The molecule has 13 heteroatoms. The first-order valence-corrected chi connectivity index (χ1v) is 12.8. The highest BCUT2D eigenvalue weighted by atomic mass is 79.9. The maximum absolute atomic E-state index is 13.2. The van der Waals surface area contributed by atoms with Crippen LogP contribution < -0.4 is 31.9 Å². The van der Waals surface area contributed by atoms with Gasteiger partial charge in [-0.15, -0.1) is 0 Å². The Morgan fingerprint density at radius 3 is 1.89 bits per heavy atom. The molecule has 0 saturated heterocycles. The minimum Gasteiger partial charge on any atom is -0.346 e. The maximum Gasteiger partial charge on any atom is 0.252 e. The number of carbonyl (C=O) groups excluding carboxylic acids is 6. The van der Waals surface area contributed by atoms with Crippen LogP contribution in [0.5, 0.6) is 0 Å². The standard InChI is InChI=1S/C25H27BrN6O6/c26-10-16-6-7-17-9-18(16)24(37)30-13-22(35)28-11-20(33)27-12-21(34)29-14-23(36)32-19(25(38)31-17)8-15-4-2-1-3-5-15/h1-7,9,19H,8,10-14H2,(H,27,33)(H,28,35)(H,29,34)(H,30,37)(H,31,38)(H,32,36)/t19-/m0/s1. The maximum atomic E-state index is 13.2. The summed E-state index contributed by atoms with van der Waals surface area (Å²) in [6.45, 7) is -1.64. The molecule has 38 heavy (non-hydrogen) atoms. The van der Waals surface area contributed by atoms with E-state index < -0.39 is 67.7 Å². The van der Waals surface area contributed by atoms with Crippen LogP contribution in [-0.2, 0) is 35.7 Å². The van der Waals surface area contributed by atoms with Gasteiger partial charge in [0.15, 0.2) is 0 Å². The van der Waals surface area contributed by atoms with Gasteiger partial charge in [-0.3, -0.25) is 28.8 Å². The quantitative estimate of drug-likeness (QED) is 0.260. The summed E-state index contributed by atoms with van der Waals surface area (Å²) in [6, 6.07) is 12.8. The minimum absolute atomic E-state index is 0.171. The Morgan fingerprint density at radius 1 is 0.711 bits per heavy atom. The van der Waals surface area contributed by atoms with Crippen molar-refractivity contribution >= 4 is 57.1 Å². The van der Waals surface area contributed by atoms with E-state index in [-0.39, 0.29) is 12.0 Å². The van der Waals surface area contributed by atoms with E-state index in [1.807, 2.05) is 18.2 Å². The van der Waals surface area contributed by atoms with E-state index in [0.29, 0.717) is 16.6 Å². The number of alkyl halides is 1. The van der Waals surface area contributed by atoms with Crippen molar-refractivity contribution < 1.29 is 28.8 Å². The second-order valence-electron chi connectivity index (χ2n) is 8.32. The summed E-state index contributed by atoms with van der Waals surface area (Å²) in [4.78, 5) is 74.6. The van der Waals surface area contributed by atoms with Crippen molar-refractivity contribution in [3.8, 4) is 0 Å². The molecule has 2 bridgehead atoms. The van der Waals surface area contributed by atoms with Gasteiger partial charge in [0.05, 0.1) is 26.2 Å². The molecule has 0 aromatic heterocycles. The van der Waals surface area contributed by atoms with E-state index >= 15 is 0 Å². The monoisotopic (exact) mass is 586 g/mol. The van der Waals surface area contributed by atoms with E-state index in [9.17, 15) is 28.8 Å². The number of halogens is 1. The Kier molecular flexibility index (Phi) is 10.3. The summed E-state index contributed by atoms with van der Waals surface area (Å²) in [5.74, 6) is -3.59. The van der Waals surface area contributed by atoms with Gasteiger partial charge in [-0.1, -0.05) is 52.3 Å². The van der Waals surface area contributed by atoms with Crippen LogP contribution in [0.3, 0.4) is 0 Å². The Balaban J connectivity index is 1.87. The Bertz CT molecular complexity index is 1220. The van der Waals surface area contributed by atoms with Gasteiger partial charge in [0.25, 0.3) is 5.91 Å².